The molecular weight excluding hydrogens is 308 g/mol. The van der Waals surface area contributed by atoms with Crippen LogP contribution in [-0.2, 0) is 14.8 Å². The van der Waals surface area contributed by atoms with Gasteiger partial charge in [0.25, 0.3) is 0 Å². The molecule has 8 nitrogen and oxygen atoms in total. The van der Waals surface area contributed by atoms with Crippen molar-refractivity contribution in [2.24, 2.45) is 0 Å². The van der Waals surface area contributed by atoms with E-state index in [0.717, 1.165) is 25.9 Å². The molecule has 0 saturated carbocycles. The van der Waals surface area contributed by atoms with Crippen molar-refractivity contribution >= 4 is 10.0 Å². The molecule has 1 aromatic rings. The summed E-state index contributed by atoms with van der Waals surface area (Å²) in [6.45, 7) is 5.38. The van der Waals surface area contributed by atoms with Gasteiger partial charge in [-0.05, 0) is 26.7 Å². The molecule has 0 amide bonds. The summed E-state index contributed by atoms with van der Waals surface area (Å²) in [4.78, 5) is 6.52. The first kappa shape index (κ1) is 17.3. The molecule has 0 aromatic carbocycles. The van der Waals surface area contributed by atoms with E-state index in [0.29, 0.717) is 18.3 Å². The van der Waals surface area contributed by atoms with Crippen molar-refractivity contribution in [3.05, 3.63) is 11.7 Å². The van der Waals surface area contributed by atoms with Crippen molar-refractivity contribution in [2.45, 2.75) is 38.8 Å². The first-order valence-electron chi connectivity index (χ1n) is 7.49. The number of sulfonamides is 1. The third-order valence-corrected chi connectivity index (χ3v) is 5.25. The SMILES string of the molecule is CCS(=O)(=O)NCCCN1C[C@H](OC)C[C@@H]1c1nc(C)no1. The molecule has 1 aliphatic heterocycles. The molecule has 126 valence electrons. The van der Waals surface area contributed by atoms with Gasteiger partial charge in [0.1, 0.15) is 0 Å². The smallest absolute Gasteiger partial charge is 0.244 e. The zero-order valence-corrected chi connectivity index (χ0v) is 14.1. The van der Waals surface area contributed by atoms with Gasteiger partial charge in [-0.3, -0.25) is 4.90 Å². The summed E-state index contributed by atoms with van der Waals surface area (Å²) >= 11 is 0. The van der Waals surface area contributed by atoms with Crippen LogP contribution in [0.25, 0.3) is 0 Å². The second-order valence-electron chi connectivity index (χ2n) is 5.44. The molecule has 1 aromatic heterocycles. The Hall–Kier alpha value is -1.03. The molecule has 1 saturated heterocycles. The zero-order valence-electron chi connectivity index (χ0n) is 13.3. The minimum absolute atomic E-state index is 0.0360. The molecule has 1 N–H and O–H groups in total. The number of aryl methyl sites for hydroxylation is 1. The second-order valence-corrected chi connectivity index (χ2v) is 7.53. The average Bonchev–Trinajstić information content (AvgIpc) is 3.09. The van der Waals surface area contributed by atoms with Crippen molar-refractivity contribution in [1.82, 2.24) is 19.8 Å². The largest absolute Gasteiger partial charge is 0.380 e. The first-order chi connectivity index (χ1) is 10.4. The van der Waals surface area contributed by atoms with Crippen molar-refractivity contribution in [3.8, 4) is 0 Å². The Morgan fingerprint density at radius 2 is 2.27 bits per heavy atom. The van der Waals surface area contributed by atoms with E-state index in [-0.39, 0.29) is 17.9 Å². The number of nitrogens with zero attached hydrogens (tertiary/aromatic N) is 3. The Morgan fingerprint density at radius 1 is 1.50 bits per heavy atom. The third-order valence-electron chi connectivity index (χ3n) is 3.85. The Balaban J connectivity index is 1.90. The van der Waals surface area contributed by atoms with Crippen molar-refractivity contribution in [2.75, 3.05) is 32.5 Å². The van der Waals surface area contributed by atoms with Gasteiger partial charge in [-0.25, -0.2) is 13.1 Å². The summed E-state index contributed by atoms with van der Waals surface area (Å²) in [5, 5.41) is 3.84. The lowest BCUT2D eigenvalue weighted by Gasteiger charge is -2.21. The molecule has 0 bridgehead atoms. The molecule has 0 unspecified atom stereocenters. The highest BCUT2D eigenvalue weighted by molar-refractivity contribution is 7.89. The normalized spacial score (nSPS) is 23.2. The van der Waals surface area contributed by atoms with E-state index in [2.05, 4.69) is 19.8 Å². The summed E-state index contributed by atoms with van der Waals surface area (Å²) in [7, 11) is -1.43. The number of hydrogen-bond acceptors (Lipinski definition) is 7. The molecule has 1 aliphatic rings. The average molecular weight is 332 g/mol. The van der Waals surface area contributed by atoms with Crippen LogP contribution in [0, 0.1) is 6.92 Å². The molecule has 9 heteroatoms. The van der Waals surface area contributed by atoms with Crippen molar-refractivity contribution < 1.29 is 17.7 Å². The molecular formula is C13H24N4O4S. The van der Waals surface area contributed by atoms with Gasteiger partial charge >= 0.3 is 0 Å². The van der Waals surface area contributed by atoms with E-state index >= 15 is 0 Å². The van der Waals surface area contributed by atoms with Gasteiger partial charge in [0.05, 0.1) is 17.9 Å². The van der Waals surface area contributed by atoms with Gasteiger partial charge in [-0.1, -0.05) is 5.16 Å². The van der Waals surface area contributed by atoms with Crippen LogP contribution in [0.4, 0.5) is 0 Å². The molecule has 2 heterocycles. The number of hydrogen-bond donors (Lipinski definition) is 1. The van der Waals surface area contributed by atoms with E-state index in [1.165, 1.54) is 0 Å². The quantitative estimate of drug-likeness (QED) is 0.691. The van der Waals surface area contributed by atoms with Gasteiger partial charge in [0, 0.05) is 26.7 Å². The van der Waals surface area contributed by atoms with Gasteiger partial charge in [0.15, 0.2) is 5.82 Å². The minimum atomic E-state index is -3.13. The molecule has 22 heavy (non-hydrogen) atoms. The summed E-state index contributed by atoms with van der Waals surface area (Å²) in [6, 6.07) is 0.0360. The van der Waals surface area contributed by atoms with Crippen LogP contribution in [0.2, 0.25) is 0 Å². The number of ether oxygens (including phenoxy) is 1. The number of aromatic nitrogens is 2. The summed E-state index contributed by atoms with van der Waals surface area (Å²) in [5.41, 5.74) is 0. The number of likely N-dealkylation sites (tertiary alicyclic amines) is 1. The fourth-order valence-electron chi connectivity index (χ4n) is 2.60. The second kappa shape index (κ2) is 7.49. The Morgan fingerprint density at radius 3 is 2.86 bits per heavy atom. The highest BCUT2D eigenvalue weighted by Crippen LogP contribution is 2.32. The first-order valence-corrected chi connectivity index (χ1v) is 9.14. The summed E-state index contributed by atoms with van der Waals surface area (Å²) < 4.78 is 36.1. The highest BCUT2D eigenvalue weighted by Gasteiger charge is 2.36. The molecule has 0 radical (unpaired) electrons. The maximum Gasteiger partial charge on any atom is 0.244 e. The van der Waals surface area contributed by atoms with E-state index < -0.39 is 10.0 Å². The van der Waals surface area contributed by atoms with Crippen molar-refractivity contribution in [1.29, 1.82) is 0 Å². The van der Waals surface area contributed by atoms with Crippen LogP contribution in [0.1, 0.15) is 37.5 Å². The lowest BCUT2D eigenvalue weighted by Crippen LogP contribution is -2.31. The number of methoxy groups -OCH3 is 1. The summed E-state index contributed by atoms with van der Waals surface area (Å²) in [5.74, 6) is 1.32. The van der Waals surface area contributed by atoms with Crippen LogP contribution in [0.3, 0.4) is 0 Å². The van der Waals surface area contributed by atoms with E-state index in [9.17, 15) is 8.42 Å². The molecule has 2 rings (SSSR count). The molecule has 0 aliphatic carbocycles. The standard InChI is InChI=1S/C13H24N4O4S/c1-4-22(18,19)14-6-5-7-17-9-11(20-3)8-12(17)13-15-10(2)16-21-13/h11-12,14H,4-9H2,1-3H3/t11-,12-/m1/s1. The number of rotatable bonds is 8. The molecule has 0 spiro atoms. The van der Waals surface area contributed by atoms with Gasteiger partial charge in [-0.2, -0.15) is 4.98 Å². The maximum atomic E-state index is 11.4. The molecule has 2 atom stereocenters. The predicted molar refractivity (Wildman–Crippen MR) is 80.8 cm³/mol. The van der Waals surface area contributed by atoms with E-state index in [1.807, 2.05) is 0 Å². The van der Waals surface area contributed by atoms with Crippen LogP contribution < -0.4 is 4.72 Å². The van der Waals surface area contributed by atoms with Gasteiger partial charge in [-0.15, -0.1) is 0 Å². The summed E-state index contributed by atoms with van der Waals surface area (Å²) in [6.07, 6.45) is 1.66. The van der Waals surface area contributed by atoms with Crippen LogP contribution in [-0.4, -0.2) is 62.1 Å². The monoisotopic (exact) mass is 332 g/mol. The third kappa shape index (κ3) is 4.48. The predicted octanol–water partition coefficient (Wildman–Crippen LogP) is 0.469. The van der Waals surface area contributed by atoms with Gasteiger partial charge < -0.3 is 9.26 Å². The van der Waals surface area contributed by atoms with E-state index in [1.54, 1.807) is 21.0 Å². The van der Waals surface area contributed by atoms with Crippen molar-refractivity contribution in [3.63, 3.8) is 0 Å². The fourth-order valence-corrected chi connectivity index (χ4v) is 3.26. The topological polar surface area (TPSA) is 97.6 Å². The number of nitrogens with one attached hydrogen (secondary N) is 1. The maximum absolute atomic E-state index is 11.4. The Kier molecular flexibility index (Phi) is 5.90. The Labute approximate surface area is 131 Å². The van der Waals surface area contributed by atoms with Crippen LogP contribution in [0.15, 0.2) is 4.52 Å². The lowest BCUT2D eigenvalue weighted by atomic mass is 10.2. The highest BCUT2D eigenvalue weighted by atomic mass is 32.2. The van der Waals surface area contributed by atoms with E-state index in [4.69, 9.17) is 9.26 Å². The molecule has 1 fully saturated rings. The zero-order chi connectivity index (χ0) is 16.2. The van der Waals surface area contributed by atoms with Crippen LogP contribution >= 0.6 is 0 Å². The van der Waals surface area contributed by atoms with Crippen LogP contribution in [0.5, 0.6) is 0 Å². The minimum Gasteiger partial charge on any atom is -0.380 e. The Bertz CT molecular complexity index is 574. The van der Waals surface area contributed by atoms with Gasteiger partial charge in [0.2, 0.25) is 15.9 Å². The lowest BCUT2D eigenvalue weighted by molar-refractivity contribution is 0.108. The fraction of sp³-hybridized carbons (Fsp3) is 0.846.